The molecule has 0 bridgehead atoms. The predicted molar refractivity (Wildman–Crippen MR) is 29.3 cm³/mol. The molecule has 4 heteroatoms. The Balaban J connectivity index is 3.01. The Bertz CT molecular complexity index is 211. The van der Waals surface area contributed by atoms with Gasteiger partial charge in [0.05, 0.1) is 5.69 Å². The van der Waals surface area contributed by atoms with Crippen molar-refractivity contribution in [2.24, 2.45) is 5.73 Å². The van der Waals surface area contributed by atoms with E-state index < -0.39 is 0 Å². The van der Waals surface area contributed by atoms with E-state index in [1.807, 2.05) is 0 Å². The molecule has 0 radical (unpaired) electrons. The quantitative estimate of drug-likeness (QED) is 0.444. The highest BCUT2D eigenvalue weighted by Gasteiger charge is 1.88. The van der Waals surface area contributed by atoms with Crippen LogP contribution in [0.25, 0.3) is 0 Å². The van der Waals surface area contributed by atoms with Crippen molar-refractivity contribution in [2.75, 3.05) is 0 Å². The van der Waals surface area contributed by atoms with Crippen LogP contribution in [0.1, 0.15) is 5.69 Å². The van der Waals surface area contributed by atoms with Gasteiger partial charge in [0.1, 0.15) is 0 Å². The molecule has 1 heterocycles. The molecule has 4 N–H and O–H groups in total. The average Bonchev–Trinajstić information content (AvgIpc) is 2.14. The molecule has 8 heavy (non-hydrogen) atoms. The van der Waals surface area contributed by atoms with Crippen molar-refractivity contribution >= 4 is 0 Å². The summed E-state index contributed by atoms with van der Waals surface area (Å²) < 4.78 is 0. The lowest BCUT2D eigenvalue weighted by Gasteiger charge is -1.80. The summed E-state index contributed by atoms with van der Waals surface area (Å²) in [6.45, 7) is 0.374. The third kappa shape index (κ3) is 0.788. The zero-order valence-corrected chi connectivity index (χ0v) is 4.27. The molecule has 0 aromatic carbocycles. The SMILES string of the molecule is NCc1cc(=O)[nH][nH]1. The van der Waals surface area contributed by atoms with Gasteiger partial charge in [-0.3, -0.25) is 9.89 Å². The number of hydrogen-bond acceptors (Lipinski definition) is 2. The molecule has 0 spiro atoms. The van der Waals surface area contributed by atoms with E-state index >= 15 is 0 Å². The fourth-order valence-corrected chi connectivity index (χ4v) is 0.482. The van der Waals surface area contributed by atoms with Gasteiger partial charge in [0.2, 0.25) is 0 Å². The second-order valence-electron chi connectivity index (χ2n) is 1.49. The van der Waals surface area contributed by atoms with Crippen molar-refractivity contribution in [3.63, 3.8) is 0 Å². The molecule has 0 saturated carbocycles. The Morgan fingerprint density at radius 1 is 1.62 bits per heavy atom. The molecule has 0 amide bonds. The van der Waals surface area contributed by atoms with Gasteiger partial charge in [-0.25, -0.2) is 0 Å². The molecule has 0 fully saturated rings. The van der Waals surface area contributed by atoms with Gasteiger partial charge in [-0.05, 0) is 0 Å². The van der Waals surface area contributed by atoms with E-state index in [4.69, 9.17) is 5.73 Å². The zero-order chi connectivity index (χ0) is 5.98. The molecule has 44 valence electrons. The van der Waals surface area contributed by atoms with E-state index in [-0.39, 0.29) is 5.56 Å². The number of H-pyrrole nitrogens is 2. The molecule has 0 atom stereocenters. The molecule has 0 aliphatic rings. The molecule has 1 aromatic rings. The van der Waals surface area contributed by atoms with Gasteiger partial charge in [-0.2, -0.15) is 0 Å². The number of aromatic nitrogens is 2. The van der Waals surface area contributed by atoms with Crippen LogP contribution in [0, 0.1) is 0 Å². The van der Waals surface area contributed by atoms with E-state index in [1.165, 1.54) is 6.07 Å². The Hall–Kier alpha value is -1.03. The normalized spacial score (nSPS) is 9.62. The summed E-state index contributed by atoms with van der Waals surface area (Å²) in [6, 6.07) is 1.43. The van der Waals surface area contributed by atoms with Gasteiger partial charge in [-0.15, -0.1) is 0 Å². The second kappa shape index (κ2) is 1.83. The third-order valence-electron chi connectivity index (χ3n) is 0.871. The number of hydrogen-bond donors (Lipinski definition) is 3. The van der Waals surface area contributed by atoms with Crippen molar-refractivity contribution in [2.45, 2.75) is 6.54 Å². The van der Waals surface area contributed by atoms with Crippen LogP contribution in [-0.2, 0) is 6.54 Å². The highest BCUT2D eigenvalue weighted by Crippen LogP contribution is 1.79. The third-order valence-corrected chi connectivity index (χ3v) is 0.871. The molecular formula is C4H7N3O. The Morgan fingerprint density at radius 2 is 2.38 bits per heavy atom. The summed E-state index contributed by atoms with van der Waals surface area (Å²) in [7, 11) is 0. The monoisotopic (exact) mass is 113 g/mol. The second-order valence-corrected chi connectivity index (χ2v) is 1.49. The summed E-state index contributed by atoms with van der Waals surface area (Å²) in [5, 5.41) is 4.95. The van der Waals surface area contributed by atoms with E-state index in [2.05, 4.69) is 10.2 Å². The van der Waals surface area contributed by atoms with Crippen molar-refractivity contribution in [1.82, 2.24) is 10.2 Å². The highest BCUT2D eigenvalue weighted by atomic mass is 16.1. The number of rotatable bonds is 1. The van der Waals surface area contributed by atoms with Crippen LogP contribution in [0.3, 0.4) is 0 Å². The van der Waals surface area contributed by atoms with Crippen molar-refractivity contribution < 1.29 is 0 Å². The Labute approximate surface area is 45.7 Å². The molecule has 1 rings (SSSR count). The Morgan fingerprint density at radius 3 is 2.62 bits per heavy atom. The van der Waals surface area contributed by atoms with Crippen molar-refractivity contribution in [3.05, 3.63) is 22.1 Å². The minimum Gasteiger partial charge on any atom is -0.325 e. The predicted octanol–water partition coefficient (Wildman–Crippen LogP) is -0.838. The summed E-state index contributed by atoms with van der Waals surface area (Å²) in [5.74, 6) is 0. The number of nitrogens with two attached hydrogens (primary N) is 1. The summed E-state index contributed by atoms with van der Waals surface area (Å²) >= 11 is 0. The van der Waals surface area contributed by atoms with Gasteiger partial charge in [0.15, 0.2) is 0 Å². The van der Waals surface area contributed by atoms with Gasteiger partial charge < -0.3 is 10.8 Å². The van der Waals surface area contributed by atoms with Crippen LogP contribution >= 0.6 is 0 Å². The largest absolute Gasteiger partial charge is 0.325 e. The average molecular weight is 113 g/mol. The number of nitrogens with one attached hydrogen (secondary N) is 2. The van der Waals surface area contributed by atoms with E-state index in [9.17, 15) is 4.79 Å². The van der Waals surface area contributed by atoms with Crippen molar-refractivity contribution in [1.29, 1.82) is 0 Å². The van der Waals surface area contributed by atoms with Crippen LogP contribution in [0.15, 0.2) is 10.9 Å². The van der Waals surface area contributed by atoms with E-state index in [0.29, 0.717) is 6.54 Å². The lowest BCUT2D eigenvalue weighted by Crippen LogP contribution is -1.96. The van der Waals surface area contributed by atoms with Crippen LogP contribution in [0.4, 0.5) is 0 Å². The van der Waals surface area contributed by atoms with Gasteiger partial charge >= 0.3 is 0 Å². The first-order valence-electron chi connectivity index (χ1n) is 2.29. The topological polar surface area (TPSA) is 74.7 Å². The lowest BCUT2D eigenvalue weighted by atomic mass is 10.4. The molecular weight excluding hydrogens is 106 g/mol. The zero-order valence-electron chi connectivity index (χ0n) is 4.27. The maximum atomic E-state index is 10.3. The smallest absolute Gasteiger partial charge is 0.264 e. The summed E-state index contributed by atoms with van der Waals surface area (Å²) in [6.07, 6.45) is 0. The maximum absolute atomic E-state index is 10.3. The standard InChI is InChI=1S/C4H7N3O/c5-2-3-1-4(8)7-6-3/h1H,2,5H2,(H2,6,7,8). The summed E-state index contributed by atoms with van der Waals surface area (Å²) in [5.41, 5.74) is 5.77. The van der Waals surface area contributed by atoms with Crippen LogP contribution in [0.2, 0.25) is 0 Å². The molecule has 0 saturated heterocycles. The minimum atomic E-state index is -0.134. The first-order chi connectivity index (χ1) is 3.83. The fraction of sp³-hybridized carbons (Fsp3) is 0.250. The van der Waals surface area contributed by atoms with E-state index in [1.54, 1.807) is 0 Å². The molecule has 0 aliphatic heterocycles. The van der Waals surface area contributed by atoms with Gasteiger partial charge in [0.25, 0.3) is 5.56 Å². The van der Waals surface area contributed by atoms with Crippen LogP contribution in [-0.4, -0.2) is 10.2 Å². The highest BCUT2D eigenvalue weighted by molar-refractivity contribution is 4.96. The molecule has 1 aromatic heterocycles. The molecule has 4 nitrogen and oxygen atoms in total. The minimum absolute atomic E-state index is 0.134. The van der Waals surface area contributed by atoms with Crippen LogP contribution < -0.4 is 11.3 Å². The fourth-order valence-electron chi connectivity index (χ4n) is 0.482. The van der Waals surface area contributed by atoms with Crippen molar-refractivity contribution in [3.8, 4) is 0 Å². The molecule has 0 unspecified atom stereocenters. The summed E-state index contributed by atoms with van der Waals surface area (Å²) in [4.78, 5) is 10.3. The maximum Gasteiger partial charge on any atom is 0.264 e. The first kappa shape index (κ1) is 5.11. The van der Waals surface area contributed by atoms with Crippen LogP contribution in [0.5, 0.6) is 0 Å². The molecule has 0 aliphatic carbocycles. The van der Waals surface area contributed by atoms with E-state index in [0.717, 1.165) is 5.69 Å². The van der Waals surface area contributed by atoms with Gasteiger partial charge in [0, 0.05) is 12.6 Å². The first-order valence-corrected chi connectivity index (χ1v) is 2.29. The van der Waals surface area contributed by atoms with Gasteiger partial charge in [-0.1, -0.05) is 0 Å². The number of aromatic amines is 2. The Kier molecular flexibility index (Phi) is 1.17. The lowest BCUT2D eigenvalue weighted by molar-refractivity contribution is 0.940.